The van der Waals surface area contributed by atoms with Crippen LogP contribution in [0.3, 0.4) is 0 Å². The second-order valence-corrected chi connectivity index (χ2v) is 7.91. The summed E-state index contributed by atoms with van der Waals surface area (Å²) in [5, 5.41) is 34.7. The van der Waals surface area contributed by atoms with Gasteiger partial charge in [-0.25, -0.2) is 4.79 Å². The molecule has 0 aliphatic carbocycles. The summed E-state index contributed by atoms with van der Waals surface area (Å²) in [5.41, 5.74) is 6.65. The average molecular weight is 481 g/mol. The number of carboxylic acid groups (broad SMARTS) is 2. The molecule has 188 valence electrons. The third-order valence-electron chi connectivity index (χ3n) is 5.24. The maximum absolute atomic E-state index is 12.6. The van der Waals surface area contributed by atoms with E-state index >= 15 is 0 Å². The Labute approximate surface area is 196 Å². The van der Waals surface area contributed by atoms with Gasteiger partial charge in [0.15, 0.2) is 0 Å². The number of carboxylic acids is 2. The molecule has 0 aromatic heterocycles. The van der Waals surface area contributed by atoms with E-state index in [0.29, 0.717) is 6.42 Å². The number of aliphatic carboxylic acids is 2. The summed E-state index contributed by atoms with van der Waals surface area (Å²) in [6, 6.07) is 3.39. The van der Waals surface area contributed by atoms with Gasteiger partial charge < -0.3 is 37.0 Å². The molecule has 12 nitrogen and oxygen atoms in total. The summed E-state index contributed by atoms with van der Waals surface area (Å²) in [4.78, 5) is 60.2. The number of carbonyl (C=O) groups is 5. The van der Waals surface area contributed by atoms with Gasteiger partial charge in [-0.15, -0.1) is 0 Å². The zero-order chi connectivity index (χ0) is 25.8. The van der Waals surface area contributed by atoms with E-state index < -0.39 is 72.8 Å². The minimum Gasteiger partial charge on any atom is -0.481 e. The number of hydrogen-bond donors (Lipinski definition) is 7. The van der Waals surface area contributed by atoms with E-state index in [9.17, 15) is 34.2 Å². The molecule has 5 atom stereocenters. The van der Waals surface area contributed by atoms with Gasteiger partial charge in [-0.3, -0.25) is 19.2 Å². The number of benzene rings is 1. The van der Waals surface area contributed by atoms with Crippen LogP contribution in [0.4, 0.5) is 0 Å². The number of nitrogens with two attached hydrogens (primary N) is 1. The predicted molar refractivity (Wildman–Crippen MR) is 120 cm³/mol. The Morgan fingerprint density at radius 3 is 1.97 bits per heavy atom. The summed E-state index contributed by atoms with van der Waals surface area (Å²) < 4.78 is 0. The molecule has 0 heterocycles. The topological polar surface area (TPSA) is 208 Å². The number of aliphatic hydroxyl groups excluding tert-OH is 1. The van der Waals surface area contributed by atoms with E-state index in [-0.39, 0.29) is 6.42 Å². The largest absolute Gasteiger partial charge is 0.481 e. The van der Waals surface area contributed by atoms with E-state index in [1.54, 1.807) is 44.2 Å². The van der Waals surface area contributed by atoms with Crippen LogP contribution in [0.2, 0.25) is 0 Å². The lowest BCUT2D eigenvalue weighted by Gasteiger charge is -2.25. The monoisotopic (exact) mass is 480 g/mol. The average Bonchev–Trinajstić information content (AvgIpc) is 2.79. The maximum Gasteiger partial charge on any atom is 0.326 e. The predicted octanol–water partition coefficient (Wildman–Crippen LogP) is -1.39. The van der Waals surface area contributed by atoms with Gasteiger partial charge in [-0.05, 0) is 17.9 Å². The molecule has 0 aliphatic heterocycles. The second kappa shape index (κ2) is 13.9. The van der Waals surface area contributed by atoms with Crippen LogP contribution in [0.15, 0.2) is 30.3 Å². The van der Waals surface area contributed by atoms with Crippen LogP contribution in [0.25, 0.3) is 0 Å². The standard InChI is InChI=1S/C22H32N4O8/c1-3-12(2)18(22(33)34)26-20(31)15(10-17(28)29)24-21(32)16(11-27)25-19(30)14(23)9-13-7-5-4-6-8-13/h4-8,12,14-16,18,27H,3,9-11,23H2,1-2H3,(H,24,32)(H,25,30)(H,26,31)(H,28,29)(H,33,34). The van der Waals surface area contributed by atoms with Crippen molar-refractivity contribution in [2.24, 2.45) is 11.7 Å². The van der Waals surface area contributed by atoms with E-state index in [1.165, 1.54) is 0 Å². The third kappa shape index (κ3) is 9.16. The zero-order valence-electron chi connectivity index (χ0n) is 19.1. The number of aliphatic hydroxyl groups is 1. The zero-order valence-corrected chi connectivity index (χ0v) is 19.1. The van der Waals surface area contributed by atoms with Gasteiger partial charge in [0.05, 0.1) is 19.1 Å². The molecule has 0 aliphatic rings. The second-order valence-electron chi connectivity index (χ2n) is 7.91. The van der Waals surface area contributed by atoms with Crippen LogP contribution in [0.1, 0.15) is 32.3 Å². The van der Waals surface area contributed by atoms with Crippen LogP contribution in [-0.2, 0) is 30.4 Å². The summed E-state index contributed by atoms with van der Waals surface area (Å²) in [6.45, 7) is 2.47. The van der Waals surface area contributed by atoms with Crippen molar-refractivity contribution in [2.75, 3.05) is 6.61 Å². The molecule has 1 rings (SSSR count). The minimum absolute atomic E-state index is 0.169. The van der Waals surface area contributed by atoms with Gasteiger partial charge >= 0.3 is 11.9 Å². The van der Waals surface area contributed by atoms with Gasteiger partial charge in [0, 0.05) is 0 Å². The first-order valence-electron chi connectivity index (χ1n) is 10.8. The highest BCUT2D eigenvalue weighted by Crippen LogP contribution is 2.09. The molecular formula is C22H32N4O8. The first kappa shape index (κ1) is 28.5. The molecule has 1 aromatic carbocycles. The van der Waals surface area contributed by atoms with Crippen LogP contribution in [0, 0.1) is 5.92 Å². The van der Waals surface area contributed by atoms with Crippen molar-refractivity contribution in [1.82, 2.24) is 16.0 Å². The maximum atomic E-state index is 12.6. The molecule has 0 saturated heterocycles. The fourth-order valence-corrected chi connectivity index (χ4v) is 3.03. The lowest BCUT2D eigenvalue weighted by molar-refractivity contribution is -0.144. The Balaban J connectivity index is 2.86. The highest BCUT2D eigenvalue weighted by Gasteiger charge is 2.32. The lowest BCUT2D eigenvalue weighted by atomic mass is 9.98. The first-order valence-corrected chi connectivity index (χ1v) is 10.8. The molecule has 0 bridgehead atoms. The molecule has 12 heteroatoms. The van der Waals surface area contributed by atoms with Gasteiger partial charge in [0.25, 0.3) is 0 Å². The van der Waals surface area contributed by atoms with Crippen LogP contribution in [0.5, 0.6) is 0 Å². The SMILES string of the molecule is CCC(C)C(NC(=O)C(CC(=O)O)NC(=O)C(CO)NC(=O)C(N)Cc1ccccc1)C(=O)O. The molecule has 0 radical (unpaired) electrons. The molecule has 1 aromatic rings. The third-order valence-corrected chi connectivity index (χ3v) is 5.24. The summed E-state index contributed by atoms with van der Waals surface area (Å²) >= 11 is 0. The Morgan fingerprint density at radius 2 is 1.47 bits per heavy atom. The molecule has 5 unspecified atom stereocenters. The van der Waals surface area contributed by atoms with Gasteiger partial charge in [-0.2, -0.15) is 0 Å². The van der Waals surface area contributed by atoms with Crippen molar-refractivity contribution in [1.29, 1.82) is 0 Å². The smallest absolute Gasteiger partial charge is 0.326 e. The highest BCUT2D eigenvalue weighted by molar-refractivity contribution is 5.95. The molecule has 8 N–H and O–H groups in total. The summed E-state index contributed by atoms with van der Waals surface area (Å²) in [7, 11) is 0. The van der Waals surface area contributed by atoms with Crippen molar-refractivity contribution >= 4 is 29.7 Å². The molecule has 0 saturated carbocycles. The summed E-state index contributed by atoms with van der Waals surface area (Å²) in [5.74, 6) is -5.98. The first-order chi connectivity index (χ1) is 16.0. The van der Waals surface area contributed by atoms with E-state index in [2.05, 4.69) is 16.0 Å². The van der Waals surface area contributed by atoms with Crippen LogP contribution >= 0.6 is 0 Å². The highest BCUT2D eigenvalue weighted by atomic mass is 16.4. The Bertz CT molecular complexity index is 864. The fraction of sp³-hybridized carbons (Fsp3) is 0.500. The van der Waals surface area contributed by atoms with Crippen molar-refractivity contribution in [2.45, 2.75) is 57.3 Å². The quantitative estimate of drug-likeness (QED) is 0.167. The lowest BCUT2D eigenvalue weighted by Crippen LogP contribution is -2.59. The van der Waals surface area contributed by atoms with Crippen molar-refractivity contribution in [3.05, 3.63) is 35.9 Å². The Morgan fingerprint density at radius 1 is 0.912 bits per heavy atom. The molecular weight excluding hydrogens is 448 g/mol. The molecule has 0 spiro atoms. The molecule has 0 fully saturated rings. The van der Waals surface area contributed by atoms with E-state index in [4.69, 9.17) is 10.8 Å². The number of hydrogen-bond acceptors (Lipinski definition) is 7. The number of carbonyl (C=O) groups excluding carboxylic acids is 3. The van der Waals surface area contributed by atoms with Gasteiger partial charge in [0.2, 0.25) is 17.7 Å². The number of nitrogens with one attached hydrogen (secondary N) is 3. The van der Waals surface area contributed by atoms with Crippen molar-refractivity contribution < 1.29 is 39.3 Å². The van der Waals surface area contributed by atoms with Gasteiger partial charge in [-0.1, -0.05) is 50.6 Å². The Hall–Kier alpha value is -3.51. The minimum atomic E-state index is -1.64. The Kier molecular flexibility index (Phi) is 11.7. The number of amides is 3. The van der Waals surface area contributed by atoms with E-state index in [1.807, 2.05) is 0 Å². The fourth-order valence-electron chi connectivity index (χ4n) is 3.03. The van der Waals surface area contributed by atoms with Crippen LogP contribution < -0.4 is 21.7 Å². The van der Waals surface area contributed by atoms with Crippen molar-refractivity contribution in [3.8, 4) is 0 Å². The van der Waals surface area contributed by atoms with Crippen LogP contribution in [-0.4, -0.2) is 75.8 Å². The molecule has 3 amide bonds. The summed E-state index contributed by atoms with van der Waals surface area (Å²) in [6.07, 6.45) is -0.248. The van der Waals surface area contributed by atoms with Gasteiger partial charge in [0.1, 0.15) is 18.1 Å². The van der Waals surface area contributed by atoms with Crippen molar-refractivity contribution in [3.63, 3.8) is 0 Å². The van der Waals surface area contributed by atoms with E-state index in [0.717, 1.165) is 5.56 Å². The molecule has 34 heavy (non-hydrogen) atoms. The normalized spacial score (nSPS) is 15.2. The number of rotatable bonds is 14.